The average molecular weight is 185 g/mol. The number of ether oxygens (including phenoxy) is 2. The fourth-order valence-electron chi connectivity index (χ4n) is 2.24. The van der Waals surface area contributed by atoms with Crippen molar-refractivity contribution in [1.82, 2.24) is 4.90 Å². The number of likely N-dealkylation sites (N-methyl/N-ethyl adjacent to an activating group) is 1. The second-order valence-electron chi connectivity index (χ2n) is 4.28. The molecule has 3 heteroatoms. The van der Waals surface area contributed by atoms with Gasteiger partial charge in [-0.05, 0) is 26.3 Å². The molecule has 0 aromatic rings. The molecule has 0 aromatic carbocycles. The van der Waals surface area contributed by atoms with Gasteiger partial charge >= 0.3 is 0 Å². The van der Waals surface area contributed by atoms with Gasteiger partial charge in [-0.25, -0.2) is 0 Å². The number of hydrogen-bond acceptors (Lipinski definition) is 3. The Balaban J connectivity index is 2.00. The molecule has 2 heterocycles. The molecule has 76 valence electrons. The van der Waals surface area contributed by atoms with Crippen LogP contribution >= 0.6 is 0 Å². The molecule has 0 radical (unpaired) electrons. The van der Waals surface area contributed by atoms with Gasteiger partial charge in [0.2, 0.25) is 0 Å². The molecule has 2 fully saturated rings. The van der Waals surface area contributed by atoms with E-state index in [4.69, 9.17) is 9.47 Å². The second-order valence-corrected chi connectivity index (χ2v) is 4.28. The predicted octanol–water partition coefficient (Wildman–Crippen LogP) is 0.888. The zero-order valence-corrected chi connectivity index (χ0v) is 8.42. The molecular formula is C10H19NO2. The van der Waals surface area contributed by atoms with Gasteiger partial charge in [0.1, 0.15) is 5.60 Å². The summed E-state index contributed by atoms with van der Waals surface area (Å²) in [5.41, 5.74) is 0.0174. The van der Waals surface area contributed by atoms with E-state index in [9.17, 15) is 0 Å². The molecule has 0 amide bonds. The van der Waals surface area contributed by atoms with Crippen LogP contribution in [0.5, 0.6) is 0 Å². The molecule has 0 bridgehead atoms. The van der Waals surface area contributed by atoms with Gasteiger partial charge < -0.3 is 14.4 Å². The van der Waals surface area contributed by atoms with E-state index < -0.39 is 0 Å². The van der Waals surface area contributed by atoms with Crippen LogP contribution in [0.15, 0.2) is 0 Å². The van der Waals surface area contributed by atoms with Crippen LogP contribution < -0.4 is 0 Å². The van der Waals surface area contributed by atoms with Crippen molar-refractivity contribution in [2.75, 3.05) is 40.0 Å². The Kier molecular flexibility index (Phi) is 2.86. The van der Waals surface area contributed by atoms with Gasteiger partial charge in [0.15, 0.2) is 0 Å². The third-order valence-electron chi connectivity index (χ3n) is 2.98. The standard InChI is InChI=1S/C10H19NO2/c1-11-5-7-12-9-10(8-11)4-2-3-6-13-10/h2-9H2,1H3. The molecule has 13 heavy (non-hydrogen) atoms. The van der Waals surface area contributed by atoms with Crippen molar-refractivity contribution in [2.24, 2.45) is 0 Å². The lowest BCUT2D eigenvalue weighted by molar-refractivity contribution is -0.117. The maximum Gasteiger partial charge on any atom is 0.104 e. The molecule has 2 saturated heterocycles. The van der Waals surface area contributed by atoms with Crippen LogP contribution in [-0.4, -0.2) is 50.5 Å². The van der Waals surface area contributed by atoms with Crippen molar-refractivity contribution in [3.05, 3.63) is 0 Å². The lowest BCUT2D eigenvalue weighted by Gasteiger charge is -2.37. The lowest BCUT2D eigenvalue weighted by atomic mass is 9.94. The molecule has 1 spiro atoms. The molecule has 2 aliphatic rings. The average Bonchev–Trinajstić information content (AvgIpc) is 2.29. The van der Waals surface area contributed by atoms with Gasteiger partial charge in [0, 0.05) is 19.7 Å². The first-order valence-electron chi connectivity index (χ1n) is 5.21. The number of nitrogens with zero attached hydrogens (tertiary/aromatic N) is 1. The summed E-state index contributed by atoms with van der Waals surface area (Å²) in [7, 11) is 2.15. The van der Waals surface area contributed by atoms with E-state index in [0.717, 1.165) is 39.3 Å². The highest BCUT2D eigenvalue weighted by atomic mass is 16.5. The predicted molar refractivity (Wildman–Crippen MR) is 50.9 cm³/mol. The Morgan fingerprint density at radius 3 is 2.92 bits per heavy atom. The lowest BCUT2D eigenvalue weighted by Crippen LogP contribution is -2.47. The SMILES string of the molecule is CN1CCOCC2(CCCCO2)C1. The highest BCUT2D eigenvalue weighted by Gasteiger charge is 2.36. The quantitative estimate of drug-likeness (QED) is 0.559. The molecule has 0 aliphatic carbocycles. The number of rotatable bonds is 0. The van der Waals surface area contributed by atoms with E-state index in [1.165, 1.54) is 12.8 Å². The molecule has 1 unspecified atom stereocenters. The molecule has 2 rings (SSSR count). The summed E-state index contributed by atoms with van der Waals surface area (Å²) < 4.78 is 11.5. The van der Waals surface area contributed by atoms with Crippen molar-refractivity contribution < 1.29 is 9.47 Å². The van der Waals surface area contributed by atoms with Gasteiger partial charge in [-0.15, -0.1) is 0 Å². The Morgan fingerprint density at radius 1 is 1.23 bits per heavy atom. The molecule has 2 aliphatic heterocycles. The van der Waals surface area contributed by atoms with E-state index in [2.05, 4.69) is 11.9 Å². The second kappa shape index (κ2) is 3.95. The van der Waals surface area contributed by atoms with Gasteiger partial charge in [-0.2, -0.15) is 0 Å². The molecular weight excluding hydrogens is 166 g/mol. The van der Waals surface area contributed by atoms with Crippen LogP contribution in [0.2, 0.25) is 0 Å². The van der Waals surface area contributed by atoms with Crippen molar-refractivity contribution >= 4 is 0 Å². The number of hydrogen-bond donors (Lipinski definition) is 0. The fraction of sp³-hybridized carbons (Fsp3) is 1.00. The van der Waals surface area contributed by atoms with Crippen LogP contribution in [0.3, 0.4) is 0 Å². The monoisotopic (exact) mass is 185 g/mol. The van der Waals surface area contributed by atoms with Crippen molar-refractivity contribution in [2.45, 2.75) is 24.9 Å². The summed E-state index contributed by atoms with van der Waals surface area (Å²) in [6.07, 6.45) is 3.67. The van der Waals surface area contributed by atoms with Crippen LogP contribution in [-0.2, 0) is 9.47 Å². The smallest absolute Gasteiger partial charge is 0.104 e. The molecule has 1 atom stereocenters. The Morgan fingerprint density at radius 2 is 2.15 bits per heavy atom. The molecule has 0 saturated carbocycles. The van der Waals surface area contributed by atoms with Gasteiger partial charge in [0.25, 0.3) is 0 Å². The first-order valence-corrected chi connectivity index (χ1v) is 5.21. The first kappa shape index (κ1) is 9.44. The maximum atomic E-state index is 5.89. The van der Waals surface area contributed by atoms with Crippen molar-refractivity contribution in [3.63, 3.8) is 0 Å². The van der Waals surface area contributed by atoms with E-state index in [-0.39, 0.29) is 5.60 Å². The Hall–Kier alpha value is -0.120. The van der Waals surface area contributed by atoms with Gasteiger partial charge in [-0.3, -0.25) is 0 Å². The summed E-state index contributed by atoms with van der Waals surface area (Å²) in [6, 6.07) is 0. The van der Waals surface area contributed by atoms with Crippen molar-refractivity contribution in [3.8, 4) is 0 Å². The summed E-state index contributed by atoms with van der Waals surface area (Å²) in [5, 5.41) is 0. The zero-order valence-electron chi connectivity index (χ0n) is 8.42. The first-order chi connectivity index (χ1) is 6.31. The van der Waals surface area contributed by atoms with Crippen LogP contribution in [0.1, 0.15) is 19.3 Å². The largest absolute Gasteiger partial charge is 0.377 e. The minimum absolute atomic E-state index is 0.0174. The van der Waals surface area contributed by atoms with Gasteiger partial charge in [0.05, 0.1) is 13.2 Å². The minimum Gasteiger partial charge on any atom is -0.377 e. The van der Waals surface area contributed by atoms with Crippen LogP contribution in [0.4, 0.5) is 0 Å². The molecule has 0 N–H and O–H groups in total. The Bertz CT molecular complexity index is 166. The van der Waals surface area contributed by atoms with Crippen molar-refractivity contribution in [1.29, 1.82) is 0 Å². The third kappa shape index (κ3) is 2.22. The fourth-order valence-corrected chi connectivity index (χ4v) is 2.24. The minimum atomic E-state index is 0.0174. The summed E-state index contributed by atoms with van der Waals surface area (Å²) in [4.78, 5) is 2.32. The summed E-state index contributed by atoms with van der Waals surface area (Å²) in [6.45, 7) is 4.62. The third-order valence-corrected chi connectivity index (χ3v) is 2.98. The van der Waals surface area contributed by atoms with Crippen LogP contribution in [0, 0.1) is 0 Å². The normalized spacial score (nSPS) is 37.6. The van der Waals surface area contributed by atoms with E-state index in [0.29, 0.717) is 0 Å². The maximum absolute atomic E-state index is 5.89. The summed E-state index contributed by atoms with van der Waals surface area (Å²) >= 11 is 0. The van der Waals surface area contributed by atoms with E-state index in [1.54, 1.807) is 0 Å². The molecule has 0 aromatic heterocycles. The Labute approximate surface area is 80.0 Å². The highest BCUT2D eigenvalue weighted by Crippen LogP contribution is 2.27. The van der Waals surface area contributed by atoms with Crippen LogP contribution in [0.25, 0.3) is 0 Å². The zero-order chi connectivity index (χ0) is 9.15. The topological polar surface area (TPSA) is 21.7 Å². The van der Waals surface area contributed by atoms with E-state index in [1.807, 2.05) is 0 Å². The van der Waals surface area contributed by atoms with E-state index >= 15 is 0 Å². The van der Waals surface area contributed by atoms with Gasteiger partial charge in [-0.1, -0.05) is 0 Å². The highest BCUT2D eigenvalue weighted by molar-refractivity contribution is 4.87. The molecule has 3 nitrogen and oxygen atoms in total. The summed E-state index contributed by atoms with van der Waals surface area (Å²) in [5.74, 6) is 0.